The molecule has 2 aromatic rings. The minimum Gasteiger partial charge on any atom is -0.155 e. The van der Waals surface area contributed by atoms with Crippen molar-refractivity contribution in [3.8, 4) is 0 Å². The van der Waals surface area contributed by atoms with Crippen LogP contribution in [0.1, 0.15) is 19.8 Å². The smallest absolute Gasteiger partial charge is 0.155 e. The molecule has 0 bridgehead atoms. The molecule has 0 aliphatic heterocycles. The Morgan fingerprint density at radius 1 is 0.833 bits per heavy atom. The van der Waals surface area contributed by atoms with Crippen molar-refractivity contribution in [2.24, 2.45) is 0 Å². The molecule has 0 saturated heterocycles. The summed E-state index contributed by atoms with van der Waals surface area (Å²) < 4.78 is 0. The lowest BCUT2D eigenvalue weighted by Crippen LogP contribution is -2.53. The van der Waals surface area contributed by atoms with Crippen LogP contribution < -0.4 is 10.4 Å². The molecule has 0 fully saturated rings. The summed E-state index contributed by atoms with van der Waals surface area (Å²) in [7, 11) is -2.05. The SMILES string of the molecule is CCCC[Si](Cl)(c1ccccc1)c1ccccc1. The van der Waals surface area contributed by atoms with Gasteiger partial charge >= 0.3 is 0 Å². The summed E-state index contributed by atoms with van der Waals surface area (Å²) in [5.74, 6) is 0. The first-order chi connectivity index (χ1) is 8.77. The Bertz CT molecular complexity index is 427. The van der Waals surface area contributed by atoms with E-state index in [4.69, 9.17) is 11.1 Å². The van der Waals surface area contributed by atoms with Crippen LogP contribution in [0.25, 0.3) is 0 Å². The second-order valence-corrected chi connectivity index (χ2v) is 9.83. The third-order valence-electron chi connectivity index (χ3n) is 3.34. The lowest BCUT2D eigenvalue weighted by molar-refractivity contribution is 0.876. The van der Waals surface area contributed by atoms with Crippen molar-refractivity contribution in [1.82, 2.24) is 0 Å². The molecule has 0 spiro atoms. The van der Waals surface area contributed by atoms with Gasteiger partial charge in [-0.3, -0.25) is 0 Å². The second-order valence-electron chi connectivity index (χ2n) is 4.64. The van der Waals surface area contributed by atoms with Gasteiger partial charge in [0.25, 0.3) is 0 Å². The van der Waals surface area contributed by atoms with Gasteiger partial charge in [-0.25, -0.2) is 0 Å². The van der Waals surface area contributed by atoms with Gasteiger partial charge in [0.15, 0.2) is 0 Å². The van der Waals surface area contributed by atoms with Crippen molar-refractivity contribution in [3.05, 3.63) is 60.7 Å². The summed E-state index contributed by atoms with van der Waals surface area (Å²) in [6.07, 6.45) is 2.39. The maximum absolute atomic E-state index is 7.11. The molecule has 0 aliphatic rings. The fraction of sp³-hybridized carbons (Fsp3) is 0.250. The summed E-state index contributed by atoms with van der Waals surface area (Å²) in [5.41, 5.74) is 0. The van der Waals surface area contributed by atoms with Gasteiger partial charge in [0.1, 0.15) is 0 Å². The van der Waals surface area contributed by atoms with Crippen molar-refractivity contribution in [1.29, 1.82) is 0 Å². The van der Waals surface area contributed by atoms with Crippen molar-refractivity contribution in [2.45, 2.75) is 25.8 Å². The summed E-state index contributed by atoms with van der Waals surface area (Å²) >= 11 is 7.11. The number of rotatable bonds is 5. The van der Waals surface area contributed by atoms with Crippen LogP contribution in [0.5, 0.6) is 0 Å². The van der Waals surface area contributed by atoms with E-state index in [2.05, 4.69) is 67.6 Å². The quantitative estimate of drug-likeness (QED) is 0.575. The van der Waals surface area contributed by atoms with Gasteiger partial charge in [-0.2, -0.15) is 11.1 Å². The highest BCUT2D eigenvalue weighted by Crippen LogP contribution is 2.19. The van der Waals surface area contributed by atoms with Gasteiger partial charge in [-0.1, -0.05) is 80.4 Å². The Labute approximate surface area is 115 Å². The van der Waals surface area contributed by atoms with Crippen LogP contribution >= 0.6 is 11.1 Å². The maximum Gasteiger partial charge on any atom is 0.217 e. The number of hydrogen-bond donors (Lipinski definition) is 0. The Hall–Kier alpha value is -1.05. The van der Waals surface area contributed by atoms with Crippen LogP contribution in [0.4, 0.5) is 0 Å². The maximum atomic E-state index is 7.11. The van der Waals surface area contributed by atoms with E-state index in [1.807, 2.05) is 0 Å². The van der Waals surface area contributed by atoms with E-state index in [1.165, 1.54) is 23.2 Å². The van der Waals surface area contributed by atoms with E-state index in [1.54, 1.807) is 0 Å². The van der Waals surface area contributed by atoms with Crippen molar-refractivity contribution in [2.75, 3.05) is 0 Å². The predicted octanol–water partition coefficient (Wildman–Crippen LogP) is 3.79. The first-order valence-corrected chi connectivity index (χ1v) is 9.79. The minimum atomic E-state index is -2.05. The van der Waals surface area contributed by atoms with Crippen molar-refractivity contribution >= 4 is 28.8 Å². The number of unbranched alkanes of at least 4 members (excludes halogenated alkanes) is 1. The van der Waals surface area contributed by atoms with Crippen LogP contribution in [-0.2, 0) is 0 Å². The molecular weight excluding hydrogens is 256 g/mol. The molecule has 0 aromatic heterocycles. The average Bonchev–Trinajstić information content (AvgIpc) is 2.46. The number of halogens is 1. The molecule has 2 heteroatoms. The van der Waals surface area contributed by atoms with Crippen LogP contribution in [-0.4, -0.2) is 7.38 Å². The molecule has 2 rings (SSSR count). The molecular formula is C16H19ClSi. The van der Waals surface area contributed by atoms with Crippen LogP contribution in [0.3, 0.4) is 0 Å². The van der Waals surface area contributed by atoms with E-state index in [-0.39, 0.29) is 0 Å². The average molecular weight is 275 g/mol. The van der Waals surface area contributed by atoms with Gasteiger partial charge in [0.2, 0.25) is 7.38 Å². The largest absolute Gasteiger partial charge is 0.217 e. The molecule has 0 nitrogen and oxygen atoms in total. The topological polar surface area (TPSA) is 0 Å². The molecule has 0 unspecified atom stereocenters. The first kappa shape index (κ1) is 13.4. The lowest BCUT2D eigenvalue weighted by Gasteiger charge is -2.25. The zero-order chi connectivity index (χ0) is 12.8. The number of benzene rings is 2. The molecule has 0 heterocycles. The first-order valence-electron chi connectivity index (χ1n) is 6.57. The van der Waals surface area contributed by atoms with Crippen LogP contribution in [0.15, 0.2) is 60.7 Å². The van der Waals surface area contributed by atoms with E-state index >= 15 is 0 Å². The fourth-order valence-electron chi connectivity index (χ4n) is 2.28. The monoisotopic (exact) mass is 274 g/mol. The zero-order valence-electron chi connectivity index (χ0n) is 10.8. The van der Waals surface area contributed by atoms with Gasteiger partial charge < -0.3 is 0 Å². The molecule has 94 valence electrons. The molecule has 0 aliphatic carbocycles. The van der Waals surface area contributed by atoms with Crippen LogP contribution in [0, 0.1) is 0 Å². The normalized spacial score (nSPS) is 11.4. The summed E-state index contributed by atoms with van der Waals surface area (Å²) in [6, 6.07) is 22.3. The molecule has 0 amide bonds. The van der Waals surface area contributed by atoms with Crippen molar-refractivity contribution in [3.63, 3.8) is 0 Å². The van der Waals surface area contributed by atoms with E-state index < -0.39 is 7.38 Å². The number of hydrogen-bond acceptors (Lipinski definition) is 0. The second kappa shape index (κ2) is 6.21. The fourth-order valence-corrected chi connectivity index (χ4v) is 6.63. The molecule has 2 aromatic carbocycles. The summed E-state index contributed by atoms with van der Waals surface area (Å²) in [5, 5.41) is 2.65. The molecule has 0 radical (unpaired) electrons. The third kappa shape index (κ3) is 2.85. The van der Waals surface area contributed by atoms with E-state index in [0.717, 1.165) is 6.04 Å². The molecule has 0 atom stereocenters. The van der Waals surface area contributed by atoms with Gasteiger partial charge in [0.05, 0.1) is 0 Å². The summed E-state index contributed by atoms with van der Waals surface area (Å²) in [6.45, 7) is 2.22. The highest BCUT2D eigenvalue weighted by Gasteiger charge is 2.34. The Morgan fingerprint density at radius 3 is 1.67 bits per heavy atom. The Balaban J connectivity index is 2.41. The van der Waals surface area contributed by atoms with Crippen molar-refractivity contribution < 1.29 is 0 Å². The van der Waals surface area contributed by atoms with E-state index in [0.29, 0.717) is 0 Å². The molecule has 0 saturated carbocycles. The lowest BCUT2D eigenvalue weighted by atomic mass is 10.4. The van der Waals surface area contributed by atoms with E-state index in [9.17, 15) is 0 Å². The molecule has 18 heavy (non-hydrogen) atoms. The van der Waals surface area contributed by atoms with Gasteiger partial charge in [-0.05, 0) is 16.4 Å². The molecule has 0 N–H and O–H groups in total. The summed E-state index contributed by atoms with van der Waals surface area (Å²) in [4.78, 5) is 0. The predicted molar refractivity (Wildman–Crippen MR) is 83.5 cm³/mol. The highest BCUT2D eigenvalue weighted by atomic mass is 35.6. The Morgan fingerprint density at radius 2 is 1.28 bits per heavy atom. The zero-order valence-corrected chi connectivity index (χ0v) is 12.5. The van der Waals surface area contributed by atoms with Crippen LogP contribution in [0.2, 0.25) is 6.04 Å². The minimum absolute atomic E-state index is 1.11. The standard InChI is InChI=1S/C16H19ClSi/c1-2-3-14-18(17,15-10-6-4-7-11-15)16-12-8-5-9-13-16/h4-13H,2-3,14H2,1H3. The van der Waals surface area contributed by atoms with Gasteiger partial charge in [-0.15, -0.1) is 0 Å². The Kier molecular flexibility index (Phi) is 4.62. The third-order valence-corrected chi connectivity index (χ3v) is 8.75. The van der Waals surface area contributed by atoms with Gasteiger partial charge in [0, 0.05) is 0 Å². The highest BCUT2D eigenvalue weighted by molar-refractivity contribution is 7.34.